The molecule has 4 aromatic carbocycles. The Morgan fingerprint density at radius 2 is 1.29 bits per heavy atom. The van der Waals surface area contributed by atoms with E-state index in [1.165, 1.54) is 0 Å². The van der Waals surface area contributed by atoms with Crippen LogP contribution in [0, 0.1) is 11.3 Å². The number of nitrogens with zero attached hydrogens (tertiary/aromatic N) is 3. The molecule has 14 nitrogen and oxygen atoms in total. The van der Waals surface area contributed by atoms with Gasteiger partial charge in [-0.25, -0.2) is 14.4 Å². The van der Waals surface area contributed by atoms with Gasteiger partial charge in [0.05, 0.1) is 5.56 Å². The van der Waals surface area contributed by atoms with Gasteiger partial charge in [0.25, 0.3) is 0 Å². The predicted octanol–water partition coefficient (Wildman–Crippen LogP) is 7.86. The maximum absolute atomic E-state index is 12.1. The number of ether oxygens (including phenoxy) is 1. The number of carbonyl (C=O) groups is 3. The van der Waals surface area contributed by atoms with E-state index in [-0.39, 0.29) is 18.2 Å². The van der Waals surface area contributed by atoms with E-state index in [9.17, 15) is 14.4 Å². The minimum absolute atomic E-state index is 0.134. The van der Waals surface area contributed by atoms with Crippen molar-refractivity contribution in [1.82, 2.24) is 15.5 Å². The zero-order valence-electron chi connectivity index (χ0n) is 31.2. The maximum Gasteiger partial charge on any atom is 0.410 e. The number of nitrogens with one attached hydrogen (secondary N) is 4. The molecule has 1 fully saturated rings. The van der Waals surface area contributed by atoms with Gasteiger partial charge in [0.1, 0.15) is 11.7 Å². The molecule has 3 aliphatic heterocycles. The third-order valence-corrected chi connectivity index (χ3v) is 9.77. The van der Waals surface area contributed by atoms with Crippen LogP contribution in [0.2, 0.25) is 0 Å². The Morgan fingerprint density at radius 3 is 1.82 bits per heavy atom. The molecule has 3 heterocycles. The van der Waals surface area contributed by atoms with Crippen LogP contribution in [0.5, 0.6) is 0 Å². The molecule has 0 aromatic heterocycles. The highest BCUT2D eigenvalue weighted by Gasteiger charge is 2.26. The fourth-order valence-electron chi connectivity index (χ4n) is 5.41. The van der Waals surface area contributed by atoms with Crippen molar-refractivity contribution in [3.63, 3.8) is 0 Å². The summed E-state index contributed by atoms with van der Waals surface area (Å²) in [5, 5.41) is 19.5. The Kier molecular flexibility index (Phi) is 15.8. The molecule has 0 saturated carbocycles. The Balaban J connectivity index is 0.000000182. The lowest BCUT2D eigenvalue weighted by atomic mass is 10.1. The molecule has 5 amide bonds. The first kappa shape index (κ1) is 43.7. The first-order valence-electron chi connectivity index (χ1n) is 17.5. The number of carbonyl (C=O) groups excluding carboxylic acids is 3. The van der Waals surface area contributed by atoms with Crippen LogP contribution in [-0.4, -0.2) is 54.8 Å². The molecule has 17 heteroatoms. The highest BCUT2D eigenvalue weighted by molar-refractivity contribution is 9.11. The molecule has 4 aromatic rings. The number of amides is 5. The van der Waals surface area contributed by atoms with Crippen LogP contribution in [0.1, 0.15) is 43.0 Å². The number of benzene rings is 4. The van der Waals surface area contributed by atoms with Crippen LogP contribution in [0.15, 0.2) is 86.2 Å². The molecule has 0 aliphatic carbocycles. The molecule has 0 spiro atoms. The van der Waals surface area contributed by atoms with Gasteiger partial charge >= 0.3 is 18.2 Å². The summed E-state index contributed by atoms with van der Waals surface area (Å²) in [6.07, 6.45) is -0.250. The van der Waals surface area contributed by atoms with Crippen molar-refractivity contribution in [2.75, 3.05) is 53.2 Å². The number of urea groups is 2. The number of piperazine rings is 1. The molecular formula is C39H45Br3N10O4. The van der Waals surface area contributed by atoms with E-state index in [0.29, 0.717) is 44.0 Å². The van der Waals surface area contributed by atoms with E-state index in [1.807, 2.05) is 75.4 Å². The quantitative estimate of drug-likeness (QED) is 0.0973. The molecule has 1 saturated heterocycles. The summed E-state index contributed by atoms with van der Waals surface area (Å²) >= 11 is 9.92. The first-order valence-corrected chi connectivity index (χ1v) is 19.9. The van der Waals surface area contributed by atoms with E-state index in [1.54, 1.807) is 23.1 Å². The second-order valence-corrected chi connectivity index (χ2v) is 16.4. The van der Waals surface area contributed by atoms with E-state index in [2.05, 4.69) is 80.0 Å². The number of nitriles is 1. The number of rotatable bonds is 2. The molecular weight excluding hydrogens is 912 g/mol. The molecule has 7 rings (SSSR count). The molecule has 56 heavy (non-hydrogen) atoms. The summed E-state index contributed by atoms with van der Waals surface area (Å²) in [6.45, 7) is 10.1. The van der Waals surface area contributed by atoms with Gasteiger partial charge in [0, 0.05) is 87.7 Å². The smallest absolute Gasteiger partial charge is 0.410 e. The van der Waals surface area contributed by atoms with Crippen molar-refractivity contribution < 1.29 is 19.1 Å². The summed E-state index contributed by atoms with van der Waals surface area (Å²) in [4.78, 5) is 38.3. The Hall–Kier alpha value is -5.02. The number of nitrogen functional groups attached to an aromatic ring is 2. The minimum atomic E-state index is -0.468. The minimum Gasteiger partial charge on any atom is -0.444 e. The Bertz CT molecular complexity index is 2080. The molecule has 0 unspecified atom stereocenters. The predicted molar refractivity (Wildman–Crippen MR) is 232 cm³/mol. The highest BCUT2D eigenvalue weighted by Crippen LogP contribution is 2.27. The zero-order chi connectivity index (χ0) is 41.0. The van der Waals surface area contributed by atoms with Gasteiger partial charge in [-0.1, -0.05) is 47.8 Å². The Labute approximate surface area is 351 Å². The zero-order valence-corrected chi connectivity index (χ0v) is 36.0. The average molecular weight is 958 g/mol. The topological polar surface area (TPSA) is 217 Å². The summed E-state index contributed by atoms with van der Waals surface area (Å²) < 4.78 is 8.34. The van der Waals surface area contributed by atoms with Crippen molar-refractivity contribution in [3.8, 4) is 6.07 Å². The number of halogens is 3. The second-order valence-electron chi connectivity index (χ2n) is 13.6. The van der Waals surface area contributed by atoms with Crippen molar-refractivity contribution >= 4 is 94.4 Å². The normalized spacial score (nSPS) is 14.0. The molecule has 0 bridgehead atoms. The van der Waals surface area contributed by atoms with Gasteiger partial charge in [0.2, 0.25) is 0 Å². The lowest BCUT2D eigenvalue weighted by molar-refractivity contribution is 0.0240. The van der Waals surface area contributed by atoms with Crippen molar-refractivity contribution in [2.45, 2.75) is 46.0 Å². The van der Waals surface area contributed by atoms with Gasteiger partial charge in [-0.05, 0) is 110 Å². The average Bonchev–Trinajstić information content (AvgIpc) is 3.17. The molecule has 0 radical (unpaired) electrons. The standard InChI is InChI=1S/C17H24N4O3.C8H7BrN2O.C7H9BrN2.C7H5BrN2/c1-17(2,3)24-16(23)21-8-6-20(7-9-21)13-4-5-14-12(10-13)11-18-15(22)19-14;9-6-1-2-7-5(3-6)4-10-8(12)11-7;2*8-6-1-2-7(10)5(3-6)4-9/h4-5,10H,6-9,11H2,1-3H3,(H2,18,19,22);1-3H,4H2,(H2,10,11,12);1-3H,4,9-10H2;1-3H,10H2. The van der Waals surface area contributed by atoms with Crippen LogP contribution >= 0.6 is 47.8 Å². The third kappa shape index (κ3) is 13.3. The SMILES string of the molecule is CC(C)(C)OC(=O)N1CCN(c2ccc3c(c2)CNC(=O)N3)CC1.N#Cc1cc(Br)ccc1N.NCc1cc(Br)ccc1N.O=C1NCc2cc(Br)ccc2N1. The molecule has 0 atom stereocenters. The third-order valence-electron chi connectivity index (χ3n) is 8.29. The first-order chi connectivity index (χ1) is 26.5. The van der Waals surface area contributed by atoms with E-state index in [4.69, 9.17) is 27.2 Å². The number of nitrogens with two attached hydrogens (primary N) is 3. The Morgan fingerprint density at radius 1 is 0.768 bits per heavy atom. The summed E-state index contributed by atoms with van der Waals surface area (Å²) in [5.41, 5.74) is 23.8. The monoisotopic (exact) mass is 954 g/mol. The van der Waals surface area contributed by atoms with Crippen LogP contribution in [0.4, 0.5) is 42.8 Å². The molecule has 296 valence electrons. The molecule has 3 aliphatic rings. The van der Waals surface area contributed by atoms with Gasteiger partial charge in [0.15, 0.2) is 0 Å². The van der Waals surface area contributed by atoms with Crippen LogP contribution in [-0.2, 0) is 24.4 Å². The fourth-order valence-corrected chi connectivity index (χ4v) is 6.59. The molecule has 10 N–H and O–H groups in total. The highest BCUT2D eigenvalue weighted by atomic mass is 79.9. The number of hydrogen-bond donors (Lipinski definition) is 7. The van der Waals surface area contributed by atoms with Crippen LogP contribution in [0.3, 0.4) is 0 Å². The van der Waals surface area contributed by atoms with Crippen molar-refractivity contribution in [2.24, 2.45) is 5.73 Å². The maximum atomic E-state index is 12.1. The summed E-state index contributed by atoms with van der Waals surface area (Å²) in [6, 6.07) is 24.3. The largest absolute Gasteiger partial charge is 0.444 e. The number of fused-ring (bicyclic) bond motifs is 2. The second kappa shape index (κ2) is 20.2. The van der Waals surface area contributed by atoms with E-state index >= 15 is 0 Å². The van der Waals surface area contributed by atoms with Gasteiger partial charge < -0.3 is 53.0 Å². The van der Waals surface area contributed by atoms with Gasteiger partial charge in [-0.15, -0.1) is 0 Å². The van der Waals surface area contributed by atoms with Gasteiger partial charge in [-0.2, -0.15) is 5.26 Å². The van der Waals surface area contributed by atoms with Crippen molar-refractivity contribution in [1.29, 1.82) is 5.26 Å². The number of hydrogen-bond acceptors (Lipinski definition) is 9. The summed E-state index contributed by atoms with van der Waals surface area (Å²) in [7, 11) is 0. The number of anilines is 5. The fraction of sp³-hybridized carbons (Fsp3) is 0.282. The van der Waals surface area contributed by atoms with Crippen LogP contribution in [0.25, 0.3) is 0 Å². The van der Waals surface area contributed by atoms with E-state index in [0.717, 1.165) is 65.9 Å². The lowest BCUT2D eigenvalue weighted by Crippen LogP contribution is -2.50. The summed E-state index contributed by atoms with van der Waals surface area (Å²) in [5.74, 6) is 0. The van der Waals surface area contributed by atoms with Crippen LogP contribution < -0.4 is 43.4 Å². The lowest BCUT2D eigenvalue weighted by Gasteiger charge is -2.37. The van der Waals surface area contributed by atoms with Gasteiger partial charge in [-0.3, -0.25) is 0 Å². The van der Waals surface area contributed by atoms with Crippen molar-refractivity contribution in [3.05, 3.63) is 108 Å². The van der Waals surface area contributed by atoms with E-state index < -0.39 is 5.60 Å².